The van der Waals surface area contributed by atoms with E-state index in [1.165, 1.54) is 0 Å². The highest BCUT2D eigenvalue weighted by Crippen LogP contribution is 2.37. The van der Waals surface area contributed by atoms with Crippen LogP contribution in [0.4, 0.5) is 5.69 Å². The number of nitrogens with one attached hydrogen (secondary N) is 1. The molecule has 0 aliphatic carbocycles. The number of hydrogen-bond acceptors (Lipinski definition) is 3. The summed E-state index contributed by atoms with van der Waals surface area (Å²) in [4.78, 5) is 16.6. The quantitative estimate of drug-likeness (QED) is 0.692. The van der Waals surface area contributed by atoms with Gasteiger partial charge in [0.1, 0.15) is 5.75 Å². The van der Waals surface area contributed by atoms with Gasteiger partial charge in [0.15, 0.2) is 5.11 Å². The van der Waals surface area contributed by atoms with Crippen LogP contribution in [0.3, 0.4) is 0 Å². The number of carbonyl (C=O) groups excluding carboxylic acids is 1. The van der Waals surface area contributed by atoms with Crippen molar-refractivity contribution in [3.63, 3.8) is 0 Å². The second-order valence-corrected chi connectivity index (χ2v) is 7.88. The zero-order chi connectivity index (χ0) is 20.4. The summed E-state index contributed by atoms with van der Waals surface area (Å²) in [5.41, 5.74) is 3.28. The number of allylic oxidation sites excluding steroid dienone is 1. The van der Waals surface area contributed by atoms with Crippen molar-refractivity contribution in [3.8, 4) is 5.75 Å². The number of methoxy groups -OCH3 is 1. The van der Waals surface area contributed by atoms with Crippen molar-refractivity contribution >= 4 is 44.9 Å². The maximum absolute atomic E-state index is 13.1. The molecule has 2 aromatic rings. The van der Waals surface area contributed by atoms with Crippen molar-refractivity contribution in [2.45, 2.75) is 13.0 Å². The SMILES string of the molecule is COc1ccc(N2C(=S)NC(c3ccccc3Br)C(C(=O)N(C)C)=C2C)cc1. The first-order chi connectivity index (χ1) is 13.3. The molecule has 146 valence electrons. The molecule has 0 spiro atoms. The Balaban J connectivity index is 2.15. The fourth-order valence-electron chi connectivity index (χ4n) is 3.25. The molecule has 0 saturated carbocycles. The standard InChI is InChI=1S/C21H22BrN3O2S/c1-13-18(20(26)24(2)3)19(16-7-5-6-8-17(16)22)23-21(28)25(13)14-9-11-15(27-4)12-10-14/h5-12,19H,1-4H3,(H,23,28). The molecule has 3 rings (SSSR count). The molecule has 0 fully saturated rings. The maximum atomic E-state index is 13.1. The Morgan fingerprint density at radius 2 is 1.82 bits per heavy atom. The van der Waals surface area contributed by atoms with E-state index in [9.17, 15) is 4.79 Å². The summed E-state index contributed by atoms with van der Waals surface area (Å²) in [6.45, 7) is 1.93. The van der Waals surface area contributed by atoms with Crippen LogP contribution in [0.25, 0.3) is 0 Å². The molecular weight excluding hydrogens is 438 g/mol. The minimum absolute atomic E-state index is 0.0632. The van der Waals surface area contributed by atoms with Crippen LogP contribution < -0.4 is 15.0 Å². The summed E-state index contributed by atoms with van der Waals surface area (Å²) in [6.07, 6.45) is 0. The van der Waals surface area contributed by atoms with E-state index in [4.69, 9.17) is 17.0 Å². The number of rotatable bonds is 4. The number of amides is 1. The highest BCUT2D eigenvalue weighted by molar-refractivity contribution is 9.10. The third-order valence-corrected chi connectivity index (χ3v) is 5.69. The Hall–Kier alpha value is -2.38. The largest absolute Gasteiger partial charge is 0.497 e. The summed E-state index contributed by atoms with van der Waals surface area (Å²) >= 11 is 9.29. The number of thiocarbonyl (C=S) groups is 1. The molecule has 1 aliphatic heterocycles. The van der Waals surface area contributed by atoms with E-state index in [1.54, 1.807) is 26.1 Å². The van der Waals surface area contributed by atoms with Crippen LogP contribution >= 0.6 is 28.1 Å². The van der Waals surface area contributed by atoms with Crippen LogP contribution in [0.2, 0.25) is 0 Å². The first-order valence-electron chi connectivity index (χ1n) is 8.76. The zero-order valence-corrected chi connectivity index (χ0v) is 18.6. The number of likely N-dealkylation sites (N-methyl/N-ethyl adjacent to an activating group) is 1. The number of halogens is 1. The monoisotopic (exact) mass is 459 g/mol. The molecule has 1 heterocycles. The van der Waals surface area contributed by atoms with Crippen LogP contribution in [0.15, 0.2) is 64.3 Å². The molecule has 0 aromatic heterocycles. The lowest BCUT2D eigenvalue weighted by atomic mass is 9.94. The second-order valence-electron chi connectivity index (χ2n) is 6.64. The number of ether oxygens (including phenoxy) is 1. The second kappa shape index (κ2) is 8.32. The first-order valence-corrected chi connectivity index (χ1v) is 9.96. The van der Waals surface area contributed by atoms with Gasteiger partial charge in [0.2, 0.25) is 0 Å². The van der Waals surface area contributed by atoms with Crippen LogP contribution in [0, 0.1) is 0 Å². The first kappa shape index (κ1) is 20.4. The summed E-state index contributed by atoms with van der Waals surface area (Å²) in [5, 5.41) is 3.90. The average Bonchev–Trinajstić information content (AvgIpc) is 2.68. The van der Waals surface area contributed by atoms with E-state index in [2.05, 4.69) is 21.2 Å². The van der Waals surface area contributed by atoms with Gasteiger partial charge in [-0.2, -0.15) is 0 Å². The van der Waals surface area contributed by atoms with Gasteiger partial charge in [0, 0.05) is 30.0 Å². The fourth-order valence-corrected chi connectivity index (χ4v) is 4.12. The Morgan fingerprint density at radius 1 is 1.18 bits per heavy atom. The Kier molecular flexibility index (Phi) is 6.05. The third-order valence-electron chi connectivity index (χ3n) is 4.67. The summed E-state index contributed by atoms with van der Waals surface area (Å²) < 4.78 is 6.17. The molecule has 1 amide bonds. The van der Waals surface area contributed by atoms with Crippen LogP contribution in [0.5, 0.6) is 5.75 Å². The molecule has 1 N–H and O–H groups in total. The average molecular weight is 460 g/mol. The van der Waals surface area contributed by atoms with Crippen molar-refractivity contribution in [2.75, 3.05) is 26.1 Å². The molecule has 0 bridgehead atoms. The predicted molar refractivity (Wildman–Crippen MR) is 119 cm³/mol. The van der Waals surface area contributed by atoms with E-state index in [1.807, 2.05) is 60.4 Å². The molecule has 0 saturated heterocycles. The van der Waals surface area contributed by atoms with E-state index < -0.39 is 0 Å². The molecule has 1 aliphatic rings. The number of hydrogen-bond donors (Lipinski definition) is 1. The van der Waals surface area contributed by atoms with Crippen LogP contribution in [-0.4, -0.2) is 37.1 Å². The van der Waals surface area contributed by atoms with Crippen LogP contribution in [0.1, 0.15) is 18.5 Å². The highest BCUT2D eigenvalue weighted by atomic mass is 79.9. The summed E-state index contributed by atoms with van der Waals surface area (Å²) in [7, 11) is 5.14. The molecule has 1 atom stereocenters. The normalized spacial score (nSPS) is 16.7. The molecule has 2 aromatic carbocycles. The van der Waals surface area contributed by atoms with Crippen molar-refractivity contribution in [1.82, 2.24) is 10.2 Å². The summed E-state index contributed by atoms with van der Waals surface area (Å²) in [6, 6.07) is 15.1. The van der Waals surface area contributed by atoms with Gasteiger partial charge in [-0.3, -0.25) is 9.69 Å². The van der Waals surface area contributed by atoms with E-state index in [0.717, 1.165) is 27.2 Å². The van der Waals surface area contributed by atoms with Crippen molar-refractivity contribution in [1.29, 1.82) is 0 Å². The minimum atomic E-state index is -0.340. The third kappa shape index (κ3) is 3.77. The van der Waals surface area contributed by atoms with E-state index in [0.29, 0.717) is 10.7 Å². The lowest BCUT2D eigenvalue weighted by Gasteiger charge is -2.38. The smallest absolute Gasteiger partial charge is 0.253 e. The van der Waals surface area contributed by atoms with Crippen molar-refractivity contribution in [3.05, 3.63) is 69.8 Å². The number of carbonyl (C=O) groups is 1. The molecule has 28 heavy (non-hydrogen) atoms. The van der Waals surface area contributed by atoms with Gasteiger partial charge >= 0.3 is 0 Å². The van der Waals surface area contributed by atoms with Gasteiger partial charge in [-0.05, 0) is 55.0 Å². The molecular formula is C21H22BrN3O2S. The zero-order valence-electron chi connectivity index (χ0n) is 16.2. The van der Waals surface area contributed by atoms with Crippen molar-refractivity contribution < 1.29 is 9.53 Å². The Bertz CT molecular complexity index is 941. The lowest BCUT2D eigenvalue weighted by molar-refractivity contribution is -0.125. The molecule has 5 nitrogen and oxygen atoms in total. The minimum Gasteiger partial charge on any atom is -0.497 e. The Morgan fingerprint density at radius 3 is 2.39 bits per heavy atom. The van der Waals surface area contributed by atoms with E-state index >= 15 is 0 Å². The molecule has 1 unspecified atom stereocenters. The number of anilines is 1. The van der Waals surface area contributed by atoms with Gasteiger partial charge < -0.3 is 15.0 Å². The lowest BCUT2D eigenvalue weighted by Crippen LogP contribution is -2.49. The molecule has 7 heteroatoms. The molecule has 0 radical (unpaired) electrons. The number of benzene rings is 2. The van der Waals surface area contributed by atoms with Gasteiger partial charge in [0.05, 0.1) is 18.7 Å². The van der Waals surface area contributed by atoms with Crippen molar-refractivity contribution in [2.24, 2.45) is 0 Å². The maximum Gasteiger partial charge on any atom is 0.253 e. The van der Waals surface area contributed by atoms with Crippen LogP contribution in [-0.2, 0) is 4.79 Å². The summed E-state index contributed by atoms with van der Waals surface area (Å²) in [5.74, 6) is 0.698. The Labute approximate surface area is 179 Å². The predicted octanol–water partition coefficient (Wildman–Crippen LogP) is 4.26. The topological polar surface area (TPSA) is 44.8 Å². The van der Waals surface area contributed by atoms with Gasteiger partial charge in [0.25, 0.3) is 5.91 Å². The highest BCUT2D eigenvalue weighted by Gasteiger charge is 2.35. The van der Waals surface area contributed by atoms with Gasteiger partial charge in [-0.15, -0.1) is 0 Å². The fraction of sp³-hybridized carbons (Fsp3) is 0.238. The van der Waals surface area contributed by atoms with Gasteiger partial charge in [-0.1, -0.05) is 34.1 Å². The van der Waals surface area contributed by atoms with Gasteiger partial charge in [-0.25, -0.2) is 0 Å². The number of nitrogens with zero attached hydrogens (tertiary/aromatic N) is 2. The van der Waals surface area contributed by atoms with E-state index in [-0.39, 0.29) is 11.9 Å².